The smallest absolute Gasteiger partial charge is 0.366 e. The van der Waals surface area contributed by atoms with Crippen molar-refractivity contribution >= 4 is 22.7 Å². The Labute approximate surface area is 154 Å². The fourth-order valence-corrected chi connectivity index (χ4v) is 3.23. The molecular formula is C19H18F3N5. The first kappa shape index (κ1) is 17.5. The minimum absolute atomic E-state index is 0.242. The number of nitrogens with one attached hydrogen (secondary N) is 1. The second-order valence-corrected chi connectivity index (χ2v) is 6.55. The number of pyridine rings is 1. The molecule has 4 rings (SSSR count). The molecule has 1 N–H and O–H groups in total. The zero-order valence-electron chi connectivity index (χ0n) is 14.4. The van der Waals surface area contributed by atoms with Crippen LogP contribution < -0.4 is 10.2 Å². The van der Waals surface area contributed by atoms with Crippen molar-refractivity contribution in [1.29, 1.82) is 0 Å². The molecule has 2 aromatic heterocycles. The van der Waals surface area contributed by atoms with Gasteiger partial charge in [-0.05, 0) is 37.1 Å². The van der Waals surface area contributed by atoms with E-state index in [1.165, 1.54) is 6.07 Å². The average molecular weight is 373 g/mol. The van der Waals surface area contributed by atoms with Gasteiger partial charge in [-0.3, -0.25) is 4.98 Å². The third-order valence-electron chi connectivity index (χ3n) is 4.69. The van der Waals surface area contributed by atoms with Crippen molar-refractivity contribution in [2.45, 2.75) is 25.1 Å². The third kappa shape index (κ3) is 3.94. The first-order valence-electron chi connectivity index (χ1n) is 8.75. The summed E-state index contributed by atoms with van der Waals surface area (Å²) in [5, 5.41) is 3.40. The molecule has 3 aromatic rings. The number of aromatic nitrogens is 3. The second kappa shape index (κ2) is 7.02. The zero-order chi connectivity index (χ0) is 18.9. The number of halogens is 3. The molecule has 0 aliphatic carbocycles. The van der Waals surface area contributed by atoms with Gasteiger partial charge in [-0.15, -0.1) is 0 Å². The van der Waals surface area contributed by atoms with E-state index in [2.05, 4.69) is 20.3 Å². The number of anilines is 2. The average Bonchev–Trinajstić information content (AvgIpc) is 2.68. The van der Waals surface area contributed by atoms with Gasteiger partial charge in [0, 0.05) is 25.3 Å². The minimum Gasteiger partial charge on any atom is -0.366 e. The Kier molecular flexibility index (Phi) is 4.55. The standard InChI is InChI=1S/C19H18F3N5/c20-19(21,22)13-5-6-18(24-11-13)27-9-7-14(8-10-27)25-17-12-23-15-3-1-2-4-16(15)26-17/h1-6,11-12,14H,7-10H2,(H,25,26). The van der Waals surface area contributed by atoms with Crippen molar-refractivity contribution in [3.63, 3.8) is 0 Å². The maximum absolute atomic E-state index is 12.6. The molecule has 1 aromatic carbocycles. The van der Waals surface area contributed by atoms with E-state index in [-0.39, 0.29) is 6.04 Å². The number of piperidine rings is 1. The van der Waals surface area contributed by atoms with Crippen LogP contribution in [0.1, 0.15) is 18.4 Å². The molecule has 1 fully saturated rings. The number of hydrogen-bond acceptors (Lipinski definition) is 5. The van der Waals surface area contributed by atoms with E-state index < -0.39 is 11.7 Å². The number of para-hydroxylation sites is 2. The van der Waals surface area contributed by atoms with Gasteiger partial charge in [0.2, 0.25) is 0 Å². The van der Waals surface area contributed by atoms with Crippen LogP contribution >= 0.6 is 0 Å². The van der Waals surface area contributed by atoms with Crippen LogP contribution in [0.4, 0.5) is 24.8 Å². The summed E-state index contributed by atoms with van der Waals surface area (Å²) in [5.41, 5.74) is 0.970. The summed E-state index contributed by atoms with van der Waals surface area (Å²) in [6.45, 7) is 1.44. The second-order valence-electron chi connectivity index (χ2n) is 6.55. The summed E-state index contributed by atoms with van der Waals surface area (Å²) in [7, 11) is 0. The van der Waals surface area contributed by atoms with Crippen LogP contribution in [0, 0.1) is 0 Å². The molecule has 0 unspecified atom stereocenters. The molecule has 5 nitrogen and oxygen atoms in total. The number of fused-ring (bicyclic) bond motifs is 1. The molecule has 0 saturated carbocycles. The van der Waals surface area contributed by atoms with Crippen LogP contribution in [0.3, 0.4) is 0 Å². The topological polar surface area (TPSA) is 53.9 Å². The van der Waals surface area contributed by atoms with Crippen molar-refractivity contribution in [3.8, 4) is 0 Å². The monoisotopic (exact) mass is 373 g/mol. The highest BCUT2D eigenvalue weighted by atomic mass is 19.4. The maximum Gasteiger partial charge on any atom is 0.417 e. The van der Waals surface area contributed by atoms with Crippen LogP contribution in [0.5, 0.6) is 0 Å². The largest absolute Gasteiger partial charge is 0.417 e. The van der Waals surface area contributed by atoms with Gasteiger partial charge in [0.15, 0.2) is 0 Å². The molecule has 0 amide bonds. The summed E-state index contributed by atoms with van der Waals surface area (Å²) in [6, 6.07) is 10.5. The Hall–Kier alpha value is -2.90. The van der Waals surface area contributed by atoms with E-state index in [9.17, 15) is 13.2 Å². The Morgan fingerprint density at radius 1 is 0.926 bits per heavy atom. The van der Waals surface area contributed by atoms with Crippen LogP contribution in [0.25, 0.3) is 11.0 Å². The van der Waals surface area contributed by atoms with Gasteiger partial charge in [0.1, 0.15) is 11.6 Å². The number of nitrogens with zero attached hydrogens (tertiary/aromatic N) is 4. The molecule has 27 heavy (non-hydrogen) atoms. The molecule has 1 aliphatic rings. The Morgan fingerprint density at radius 3 is 2.33 bits per heavy atom. The predicted octanol–water partition coefficient (Wildman–Crippen LogP) is 4.12. The summed E-state index contributed by atoms with van der Waals surface area (Å²) in [6.07, 6.45) is -0.0474. The lowest BCUT2D eigenvalue weighted by Crippen LogP contribution is -2.39. The zero-order valence-corrected chi connectivity index (χ0v) is 14.4. The minimum atomic E-state index is -4.36. The van der Waals surface area contributed by atoms with Crippen molar-refractivity contribution < 1.29 is 13.2 Å². The normalized spacial score (nSPS) is 15.9. The highest BCUT2D eigenvalue weighted by Crippen LogP contribution is 2.30. The molecule has 0 atom stereocenters. The van der Waals surface area contributed by atoms with Gasteiger partial charge in [-0.1, -0.05) is 12.1 Å². The molecule has 1 saturated heterocycles. The van der Waals surface area contributed by atoms with Gasteiger partial charge < -0.3 is 10.2 Å². The van der Waals surface area contributed by atoms with Crippen molar-refractivity contribution in [2.24, 2.45) is 0 Å². The maximum atomic E-state index is 12.6. The van der Waals surface area contributed by atoms with E-state index in [0.29, 0.717) is 5.82 Å². The highest BCUT2D eigenvalue weighted by molar-refractivity contribution is 5.75. The Bertz CT molecular complexity index is 919. The van der Waals surface area contributed by atoms with E-state index in [1.54, 1.807) is 6.20 Å². The van der Waals surface area contributed by atoms with Crippen LogP contribution in [0.2, 0.25) is 0 Å². The van der Waals surface area contributed by atoms with E-state index in [1.807, 2.05) is 29.2 Å². The summed E-state index contributed by atoms with van der Waals surface area (Å²) in [5.74, 6) is 1.31. The van der Waals surface area contributed by atoms with Gasteiger partial charge >= 0.3 is 6.18 Å². The summed E-state index contributed by atoms with van der Waals surface area (Å²) >= 11 is 0. The Balaban J connectivity index is 1.37. The molecule has 0 spiro atoms. The first-order chi connectivity index (χ1) is 13.0. The summed E-state index contributed by atoms with van der Waals surface area (Å²) in [4.78, 5) is 15.0. The first-order valence-corrected chi connectivity index (χ1v) is 8.75. The number of alkyl halides is 3. The number of hydrogen-bond donors (Lipinski definition) is 1. The summed E-state index contributed by atoms with van der Waals surface area (Å²) < 4.78 is 37.9. The van der Waals surface area contributed by atoms with E-state index in [4.69, 9.17) is 0 Å². The number of rotatable bonds is 3. The molecule has 8 heteroatoms. The molecular weight excluding hydrogens is 355 g/mol. The van der Waals surface area contributed by atoms with Crippen LogP contribution in [-0.4, -0.2) is 34.1 Å². The predicted molar refractivity (Wildman–Crippen MR) is 97.6 cm³/mol. The molecule has 140 valence electrons. The van der Waals surface area contributed by atoms with Crippen LogP contribution in [-0.2, 0) is 6.18 Å². The van der Waals surface area contributed by atoms with Gasteiger partial charge in [0.25, 0.3) is 0 Å². The van der Waals surface area contributed by atoms with Crippen molar-refractivity contribution in [1.82, 2.24) is 15.0 Å². The molecule has 3 heterocycles. The highest BCUT2D eigenvalue weighted by Gasteiger charge is 2.31. The van der Waals surface area contributed by atoms with Crippen molar-refractivity contribution in [3.05, 3.63) is 54.4 Å². The molecule has 1 aliphatic heterocycles. The molecule has 0 radical (unpaired) electrons. The lowest BCUT2D eigenvalue weighted by Gasteiger charge is -2.33. The van der Waals surface area contributed by atoms with Gasteiger partial charge in [0.05, 0.1) is 22.8 Å². The SMILES string of the molecule is FC(F)(F)c1ccc(N2CCC(Nc3cnc4ccccc4n3)CC2)nc1. The Morgan fingerprint density at radius 2 is 1.67 bits per heavy atom. The fraction of sp³-hybridized carbons (Fsp3) is 0.316. The van der Waals surface area contributed by atoms with Gasteiger partial charge in [-0.2, -0.15) is 13.2 Å². The molecule has 0 bridgehead atoms. The lowest BCUT2D eigenvalue weighted by molar-refractivity contribution is -0.137. The van der Waals surface area contributed by atoms with Crippen LogP contribution in [0.15, 0.2) is 48.8 Å². The van der Waals surface area contributed by atoms with Gasteiger partial charge in [-0.25, -0.2) is 9.97 Å². The number of benzene rings is 1. The quantitative estimate of drug-likeness (QED) is 0.748. The fourth-order valence-electron chi connectivity index (χ4n) is 3.23. The van der Waals surface area contributed by atoms with E-state index >= 15 is 0 Å². The van der Waals surface area contributed by atoms with Crippen molar-refractivity contribution in [2.75, 3.05) is 23.3 Å². The van der Waals surface area contributed by atoms with E-state index in [0.717, 1.165) is 55.0 Å². The third-order valence-corrected chi connectivity index (χ3v) is 4.69. The lowest BCUT2D eigenvalue weighted by atomic mass is 10.0.